The van der Waals surface area contributed by atoms with Crippen LogP contribution >= 0.6 is 12.0 Å². The molecular weight excluding hydrogens is 470 g/mol. The van der Waals surface area contributed by atoms with Gasteiger partial charge in [0.1, 0.15) is 23.0 Å². The monoisotopic (exact) mass is 498 g/mol. The Morgan fingerprint density at radius 3 is 2.77 bits per heavy atom. The summed E-state index contributed by atoms with van der Waals surface area (Å²) < 4.78 is 35.8. The fraction of sp³-hybridized carbons (Fsp3) is 0.346. The van der Waals surface area contributed by atoms with Crippen molar-refractivity contribution in [2.24, 2.45) is 11.7 Å². The summed E-state index contributed by atoms with van der Waals surface area (Å²) in [5.41, 5.74) is 9.19. The number of aromatic nitrogens is 2. The summed E-state index contributed by atoms with van der Waals surface area (Å²) >= 11 is 1.25. The predicted octanol–water partition coefficient (Wildman–Crippen LogP) is 5.00. The lowest BCUT2D eigenvalue weighted by atomic mass is 9.71. The van der Waals surface area contributed by atoms with E-state index in [4.69, 9.17) is 9.92 Å². The van der Waals surface area contributed by atoms with Gasteiger partial charge in [0.25, 0.3) is 0 Å². The first-order valence-electron chi connectivity index (χ1n) is 11.4. The molecule has 0 aliphatic heterocycles. The van der Waals surface area contributed by atoms with E-state index in [1.54, 1.807) is 24.5 Å². The summed E-state index contributed by atoms with van der Waals surface area (Å²) in [5.74, 6) is -1.20. The fourth-order valence-corrected chi connectivity index (χ4v) is 5.60. The van der Waals surface area contributed by atoms with E-state index in [2.05, 4.69) is 15.3 Å². The summed E-state index contributed by atoms with van der Waals surface area (Å²) in [6.07, 6.45) is 7.54. The number of carbonyl (C=O) groups is 1. The number of pyridine rings is 2. The van der Waals surface area contributed by atoms with E-state index in [0.717, 1.165) is 30.2 Å². The van der Waals surface area contributed by atoms with Crippen LogP contribution in [0, 0.1) is 17.6 Å². The molecule has 35 heavy (non-hydrogen) atoms. The van der Waals surface area contributed by atoms with Crippen LogP contribution in [-0.2, 0) is 10.6 Å². The van der Waals surface area contributed by atoms with E-state index in [1.165, 1.54) is 24.2 Å². The number of anilines is 1. The second kappa shape index (κ2) is 11.2. The number of nitrogens with zero attached hydrogens (tertiary/aromatic N) is 2. The average Bonchev–Trinajstić information content (AvgIpc) is 2.86. The molecule has 1 fully saturated rings. The molecule has 1 saturated carbocycles. The Kier molecular flexibility index (Phi) is 8.10. The number of hydrogen-bond acceptors (Lipinski definition) is 7. The minimum Gasteiger partial charge on any atom is -0.387 e. The van der Waals surface area contributed by atoms with Gasteiger partial charge in [0.2, 0.25) is 0 Å². The van der Waals surface area contributed by atoms with Crippen molar-refractivity contribution >= 4 is 24.0 Å². The standard InChI is InChI=1S/C26H28F2N4O2S/c1-30-23-13-31-9-8-19(23)16-11-17(26(34-35-2)22(29)12-16)10-15-4-3-5-20(27)24(15)25-21(28)7-6-18(14-33)32-25/h3-9,13-14,16-17,22,26,30H,10-12,29H2,1-2H3. The highest BCUT2D eigenvalue weighted by molar-refractivity contribution is 7.93. The molecule has 2 heterocycles. The van der Waals surface area contributed by atoms with Crippen LogP contribution in [0.1, 0.15) is 40.4 Å². The summed E-state index contributed by atoms with van der Waals surface area (Å²) in [6, 6.07) is 8.80. The van der Waals surface area contributed by atoms with E-state index in [1.807, 2.05) is 19.4 Å². The number of benzene rings is 1. The molecule has 0 amide bonds. The molecule has 0 radical (unpaired) electrons. The molecule has 4 unspecified atom stereocenters. The van der Waals surface area contributed by atoms with Crippen LogP contribution in [0.4, 0.5) is 14.5 Å². The Morgan fingerprint density at radius 2 is 2.03 bits per heavy atom. The maximum absolute atomic E-state index is 15.1. The average molecular weight is 499 g/mol. The van der Waals surface area contributed by atoms with Crippen LogP contribution in [0.5, 0.6) is 0 Å². The number of carbonyl (C=O) groups excluding carboxylic acids is 1. The third kappa shape index (κ3) is 5.37. The van der Waals surface area contributed by atoms with Gasteiger partial charge in [-0.15, -0.1) is 0 Å². The largest absolute Gasteiger partial charge is 0.387 e. The third-order valence-electron chi connectivity index (χ3n) is 6.61. The Bertz CT molecular complexity index is 1200. The van der Waals surface area contributed by atoms with Crippen LogP contribution in [0.15, 0.2) is 48.8 Å². The molecule has 1 aliphatic rings. The van der Waals surface area contributed by atoms with Gasteiger partial charge in [0.05, 0.1) is 18.0 Å². The van der Waals surface area contributed by atoms with Gasteiger partial charge >= 0.3 is 0 Å². The van der Waals surface area contributed by atoms with E-state index < -0.39 is 11.6 Å². The minimum absolute atomic E-state index is 0.0382. The minimum atomic E-state index is -0.687. The van der Waals surface area contributed by atoms with Crippen molar-refractivity contribution in [3.8, 4) is 11.3 Å². The molecule has 1 aliphatic carbocycles. The van der Waals surface area contributed by atoms with Crippen LogP contribution in [-0.4, -0.2) is 41.7 Å². The summed E-state index contributed by atoms with van der Waals surface area (Å²) in [7, 11) is 1.86. The zero-order valence-electron chi connectivity index (χ0n) is 19.6. The molecule has 6 nitrogen and oxygen atoms in total. The highest BCUT2D eigenvalue weighted by atomic mass is 32.2. The number of hydrogen-bond donors (Lipinski definition) is 2. The van der Waals surface area contributed by atoms with Crippen LogP contribution in [0.25, 0.3) is 11.3 Å². The topological polar surface area (TPSA) is 90.1 Å². The highest BCUT2D eigenvalue weighted by Crippen LogP contribution is 2.42. The fourth-order valence-electron chi connectivity index (χ4n) is 5.08. The molecule has 0 spiro atoms. The van der Waals surface area contributed by atoms with Crippen molar-refractivity contribution in [3.63, 3.8) is 0 Å². The van der Waals surface area contributed by atoms with Crippen molar-refractivity contribution in [1.82, 2.24) is 9.97 Å². The second-order valence-corrected chi connectivity index (χ2v) is 9.22. The lowest BCUT2D eigenvalue weighted by Crippen LogP contribution is -2.47. The van der Waals surface area contributed by atoms with E-state index in [9.17, 15) is 9.18 Å². The number of nitrogens with one attached hydrogen (secondary N) is 1. The van der Waals surface area contributed by atoms with Crippen LogP contribution < -0.4 is 11.1 Å². The highest BCUT2D eigenvalue weighted by Gasteiger charge is 2.39. The Morgan fingerprint density at radius 1 is 1.20 bits per heavy atom. The molecule has 184 valence electrons. The zero-order valence-corrected chi connectivity index (χ0v) is 20.4. The summed E-state index contributed by atoms with van der Waals surface area (Å²) in [5, 5.41) is 3.20. The lowest BCUT2D eigenvalue weighted by Gasteiger charge is -2.40. The maximum Gasteiger partial charge on any atom is 0.168 e. The zero-order chi connectivity index (χ0) is 24.9. The molecular formula is C26H28F2N4O2S. The number of aldehydes is 1. The van der Waals surface area contributed by atoms with E-state index >= 15 is 4.39 Å². The van der Waals surface area contributed by atoms with Crippen molar-refractivity contribution in [2.45, 2.75) is 37.3 Å². The maximum atomic E-state index is 15.1. The van der Waals surface area contributed by atoms with Gasteiger partial charge in [-0.05, 0) is 78.5 Å². The second-order valence-electron chi connectivity index (χ2n) is 8.70. The Labute approximate surface area is 207 Å². The first-order chi connectivity index (χ1) is 17.0. The number of rotatable bonds is 8. The quantitative estimate of drug-likeness (QED) is 0.334. The van der Waals surface area contributed by atoms with Gasteiger partial charge in [0, 0.05) is 31.1 Å². The Balaban J connectivity index is 1.73. The first-order valence-corrected chi connectivity index (χ1v) is 12.6. The van der Waals surface area contributed by atoms with Gasteiger partial charge in [-0.25, -0.2) is 13.8 Å². The normalized spacial score (nSPS) is 22.1. The molecule has 1 aromatic carbocycles. The van der Waals surface area contributed by atoms with Gasteiger partial charge < -0.3 is 15.2 Å². The van der Waals surface area contributed by atoms with Crippen LogP contribution in [0.3, 0.4) is 0 Å². The Hall–Kier alpha value is -2.88. The molecule has 3 N–H and O–H groups in total. The van der Waals surface area contributed by atoms with Gasteiger partial charge in [-0.1, -0.05) is 12.1 Å². The van der Waals surface area contributed by atoms with Crippen molar-refractivity contribution in [2.75, 3.05) is 18.6 Å². The summed E-state index contributed by atoms with van der Waals surface area (Å²) in [4.78, 5) is 19.5. The number of nitrogens with two attached hydrogens (primary N) is 1. The van der Waals surface area contributed by atoms with Gasteiger partial charge in [0.15, 0.2) is 6.29 Å². The van der Waals surface area contributed by atoms with Gasteiger partial charge in [-0.3, -0.25) is 9.78 Å². The lowest BCUT2D eigenvalue weighted by molar-refractivity contribution is 0.0840. The molecule has 2 aromatic heterocycles. The van der Waals surface area contributed by atoms with Gasteiger partial charge in [-0.2, -0.15) is 0 Å². The predicted molar refractivity (Wildman–Crippen MR) is 134 cm³/mol. The van der Waals surface area contributed by atoms with Crippen LogP contribution in [0.2, 0.25) is 0 Å². The summed E-state index contributed by atoms with van der Waals surface area (Å²) in [6.45, 7) is 0. The van der Waals surface area contributed by atoms with E-state index in [-0.39, 0.29) is 40.9 Å². The first kappa shape index (κ1) is 25.2. The number of halogens is 2. The van der Waals surface area contributed by atoms with E-state index in [0.29, 0.717) is 18.3 Å². The molecule has 3 aromatic rings. The molecule has 4 rings (SSSR count). The third-order valence-corrected chi connectivity index (χ3v) is 7.02. The molecule has 0 saturated heterocycles. The SMILES string of the molecule is CNc1cnccc1C1CC(N)C(OSC)C(Cc2cccc(F)c2-c2nc(C=O)ccc2F)C1. The van der Waals surface area contributed by atoms with Crippen molar-refractivity contribution in [1.29, 1.82) is 0 Å². The van der Waals surface area contributed by atoms with Crippen molar-refractivity contribution in [3.05, 3.63) is 77.2 Å². The molecule has 9 heteroatoms. The molecule has 4 atom stereocenters. The smallest absolute Gasteiger partial charge is 0.168 e. The molecule has 0 bridgehead atoms. The van der Waals surface area contributed by atoms with Crippen molar-refractivity contribution < 1.29 is 17.8 Å².